The van der Waals surface area contributed by atoms with Gasteiger partial charge < -0.3 is 29.8 Å². The summed E-state index contributed by atoms with van der Waals surface area (Å²) in [6, 6.07) is 3.78. The van der Waals surface area contributed by atoms with Gasteiger partial charge >= 0.3 is 6.09 Å². The van der Waals surface area contributed by atoms with Crippen LogP contribution in [-0.4, -0.2) is 64.6 Å². The maximum absolute atomic E-state index is 13.5. The van der Waals surface area contributed by atoms with Gasteiger partial charge in [0, 0.05) is 32.4 Å². The first-order chi connectivity index (χ1) is 17.6. The molecular formula is C24H26F2N6O5. The number of hydrogen-bond donors (Lipinski definition) is 3. The topological polar surface area (TPSA) is 138 Å². The molecule has 0 bridgehead atoms. The first kappa shape index (κ1) is 27.0. The molecular weight excluding hydrogens is 490 g/mol. The fourth-order valence-electron chi connectivity index (χ4n) is 3.34. The number of methoxy groups -OCH3 is 1. The number of allylic oxidation sites excluding steroid dienone is 1. The van der Waals surface area contributed by atoms with Crippen LogP contribution in [0.4, 0.5) is 19.3 Å². The predicted molar refractivity (Wildman–Crippen MR) is 131 cm³/mol. The number of likely N-dealkylation sites (N-methyl/N-ethyl adjacent to an activating group) is 1. The fraction of sp³-hybridized carbons (Fsp3) is 0.292. The lowest BCUT2D eigenvalue weighted by molar-refractivity contribution is -0.123. The number of halogens is 2. The second-order valence-corrected chi connectivity index (χ2v) is 8.21. The minimum absolute atomic E-state index is 0.0595. The van der Waals surface area contributed by atoms with E-state index in [1.807, 2.05) is 0 Å². The normalized spacial score (nSPS) is 11.9. The Labute approximate surface area is 210 Å². The number of imidazole rings is 1. The molecule has 13 heteroatoms. The van der Waals surface area contributed by atoms with Crippen LogP contribution in [0.25, 0.3) is 11.0 Å². The van der Waals surface area contributed by atoms with E-state index in [1.54, 1.807) is 20.2 Å². The van der Waals surface area contributed by atoms with Gasteiger partial charge in [0.25, 0.3) is 5.56 Å². The van der Waals surface area contributed by atoms with E-state index in [4.69, 9.17) is 0 Å². The summed E-state index contributed by atoms with van der Waals surface area (Å²) in [6.45, 7) is -0.0605. The van der Waals surface area contributed by atoms with Crippen molar-refractivity contribution in [2.45, 2.75) is 25.4 Å². The molecule has 1 atom stereocenters. The van der Waals surface area contributed by atoms with Gasteiger partial charge in [0.15, 0.2) is 11.6 Å². The van der Waals surface area contributed by atoms with E-state index in [2.05, 4.69) is 25.3 Å². The number of H-pyrrole nitrogens is 1. The number of aromatic amines is 1. The molecule has 3 rings (SSSR count). The number of carbonyl (C=O) groups excluding carboxylic acids is 3. The number of benzene rings is 1. The third-order valence-corrected chi connectivity index (χ3v) is 5.29. The summed E-state index contributed by atoms with van der Waals surface area (Å²) in [5, 5.41) is 4.91. The average molecular weight is 517 g/mol. The number of carbonyl (C=O) groups is 3. The van der Waals surface area contributed by atoms with Crippen LogP contribution in [0.5, 0.6) is 0 Å². The number of rotatable bonds is 9. The van der Waals surface area contributed by atoms with Crippen LogP contribution >= 0.6 is 0 Å². The maximum atomic E-state index is 13.5. The molecule has 3 aromatic rings. The van der Waals surface area contributed by atoms with E-state index in [9.17, 15) is 28.0 Å². The monoisotopic (exact) mass is 516 g/mol. The summed E-state index contributed by atoms with van der Waals surface area (Å²) in [6.07, 6.45) is 3.96. The van der Waals surface area contributed by atoms with Crippen LogP contribution < -0.4 is 16.2 Å². The SMILES string of the molecule is COC(=O)NC(CCC=CC(=O)N(C)C)C(=O)Nc1cccn(Cc2nc3cc(F)c(F)cc3[nH]2)c1=O. The Hall–Kier alpha value is -4.55. The number of anilines is 1. The number of nitrogens with one attached hydrogen (secondary N) is 3. The highest BCUT2D eigenvalue weighted by atomic mass is 19.2. The lowest BCUT2D eigenvalue weighted by atomic mass is 10.1. The molecule has 196 valence electrons. The van der Waals surface area contributed by atoms with Crippen molar-refractivity contribution in [3.05, 3.63) is 70.4 Å². The molecule has 1 aromatic carbocycles. The molecule has 0 aliphatic rings. The Morgan fingerprint density at radius 3 is 2.68 bits per heavy atom. The van der Waals surface area contributed by atoms with Crippen molar-refractivity contribution in [3.8, 4) is 0 Å². The lowest BCUT2D eigenvalue weighted by Crippen LogP contribution is -2.44. The highest BCUT2D eigenvalue weighted by molar-refractivity contribution is 5.96. The molecule has 3 amide bonds. The average Bonchev–Trinajstić information content (AvgIpc) is 3.23. The number of hydrogen-bond acceptors (Lipinski definition) is 6. The number of alkyl carbamates (subject to hydrolysis) is 1. The maximum Gasteiger partial charge on any atom is 0.407 e. The van der Waals surface area contributed by atoms with Crippen LogP contribution in [-0.2, 0) is 20.9 Å². The van der Waals surface area contributed by atoms with E-state index in [0.717, 1.165) is 19.2 Å². The molecule has 2 heterocycles. The zero-order valence-corrected chi connectivity index (χ0v) is 20.4. The van der Waals surface area contributed by atoms with Crippen molar-refractivity contribution in [2.75, 3.05) is 26.5 Å². The Bertz CT molecular complexity index is 1360. The first-order valence-electron chi connectivity index (χ1n) is 11.1. The van der Waals surface area contributed by atoms with Crippen LogP contribution in [0.1, 0.15) is 18.7 Å². The van der Waals surface area contributed by atoms with E-state index >= 15 is 0 Å². The van der Waals surface area contributed by atoms with E-state index in [-0.39, 0.29) is 47.8 Å². The first-order valence-corrected chi connectivity index (χ1v) is 11.1. The molecule has 37 heavy (non-hydrogen) atoms. The van der Waals surface area contributed by atoms with Crippen molar-refractivity contribution in [3.63, 3.8) is 0 Å². The molecule has 0 saturated heterocycles. The van der Waals surface area contributed by atoms with Gasteiger partial charge in [-0.15, -0.1) is 0 Å². The number of fused-ring (bicyclic) bond motifs is 1. The third kappa shape index (κ3) is 6.99. The number of ether oxygens (including phenoxy) is 1. The Morgan fingerprint density at radius 1 is 1.24 bits per heavy atom. The summed E-state index contributed by atoms with van der Waals surface area (Å²) in [5.74, 6) is -2.69. The highest BCUT2D eigenvalue weighted by Gasteiger charge is 2.22. The minimum atomic E-state index is -1.06. The molecule has 0 radical (unpaired) electrons. The standard InChI is InChI=1S/C24H26F2N6O5/c1-31(2)21(33)9-5-4-7-16(30-24(36)37-3)22(34)29-17-8-6-10-32(23(17)35)13-20-27-18-11-14(25)15(26)12-19(18)28-20/h5-6,8-12,16H,4,7,13H2,1-3H3,(H,27,28)(H,29,34)(H,30,36). The van der Waals surface area contributed by atoms with Crippen LogP contribution in [0.15, 0.2) is 47.4 Å². The van der Waals surface area contributed by atoms with Crippen LogP contribution in [0, 0.1) is 11.6 Å². The summed E-state index contributed by atoms with van der Waals surface area (Å²) in [7, 11) is 4.35. The summed E-state index contributed by atoms with van der Waals surface area (Å²) >= 11 is 0. The highest BCUT2D eigenvalue weighted by Crippen LogP contribution is 2.17. The zero-order chi connectivity index (χ0) is 27.1. The van der Waals surface area contributed by atoms with Gasteiger partial charge in [-0.1, -0.05) is 6.08 Å². The van der Waals surface area contributed by atoms with Crippen LogP contribution in [0.3, 0.4) is 0 Å². The van der Waals surface area contributed by atoms with Crippen LogP contribution in [0.2, 0.25) is 0 Å². The third-order valence-electron chi connectivity index (χ3n) is 5.29. The largest absolute Gasteiger partial charge is 0.453 e. The molecule has 0 aliphatic heterocycles. The fourth-order valence-corrected chi connectivity index (χ4v) is 3.34. The van der Waals surface area contributed by atoms with Gasteiger partial charge in [0.1, 0.15) is 17.6 Å². The van der Waals surface area contributed by atoms with E-state index < -0.39 is 35.2 Å². The van der Waals surface area contributed by atoms with Gasteiger partial charge in [-0.2, -0.15) is 0 Å². The van der Waals surface area contributed by atoms with Gasteiger partial charge in [0.2, 0.25) is 11.8 Å². The molecule has 3 N–H and O–H groups in total. The molecule has 11 nitrogen and oxygen atoms in total. The van der Waals surface area contributed by atoms with Gasteiger partial charge in [-0.3, -0.25) is 14.4 Å². The second kappa shape index (κ2) is 11.9. The van der Waals surface area contributed by atoms with Crippen molar-refractivity contribution in [1.29, 1.82) is 0 Å². The molecule has 0 aliphatic carbocycles. The van der Waals surface area contributed by atoms with Crippen molar-refractivity contribution in [2.24, 2.45) is 0 Å². The second-order valence-electron chi connectivity index (χ2n) is 8.21. The molecule has 0 fully saturated rings. The number of aromatic nitrogens is 3. The summed E-state index contributed by atoms with van der Waals surface area (Å²) in [5.41, 5.74) is -0.161. The Balaban J connectivity index is 1.74. The molecule has 1 unspecified atom stereocenters. The molecule has 0 spiro atoms. The van der Waals surface area contributed by atoms with Gasteiger partial charge in [0.05, 0.1) is 24.7 Å². The Morgan fingerprint density at radius 2 is 1.97 bits per heavy atom. The van der Waals surface area contributed by atoms with Gasteiger partial charge in [-0.25, -0.2) is 18.6 Å². The number of nitrogens with zero attached hydrogens (tertiary/aromatic N) is 3. The number of pyridine rings is 1. The van der Waals surface area contributed by atoms with Gasteiger partial charge in [-0.05, 0) is 31.1 Å². The van der Waals surface area contributed by atoms with E-state index in [0.29, 0.717) is 0 Å². The summed E-state index contributed by atoms with van der Waals surface area (Å²) < 4.78 is 32.8. The predicted octanol–water partition coefficient (Wildman–Crippen LogP) is 2.14. The Kier molecular flexibility index (Phi) is 8.72. The van der Waals surface area contributed by atoms with Crippen molar-refractivity contribution < 1.29 is 27.9 Å². The molecule has 2 aromatic heterocycles. The summed E-state index contributed by atoms with van der Waals surface area (Å²) in [4.78, 5) is 57.6. The molecule has 0 saturated carbocycles. The van der Waals surface area contributed by atoms with Crippen molar-refractivity contribution >= 4 is 34.6 Å². The van der Waals surface area contributed by atoms with E-state index in [1.165, 1.54) is 33.9 Å². The lowest BCUT2D eigenvalue weighted by Gasteiger charge is -2.17. The zero-order valence-electron chi connectivity index (χ0n) is 20.4. The quantitative estimate of drug-likeness (QED) is 0.373. The van der Waals surface area contributed by atoms with Crippen molar-refractivity contribution in [1.82, 2.24) is 24.8 Å². The number of amides is 3. The minimum Gasteiger partial charge on any atom is -0.453 e. The smallest absolute Gasteiger partial charge is 0.407 e.